The van der Waals surface area contributed by atoms with E-state index in [0.717, 1.165) is 46.8 Å². The molecule has 1 aliphatic rings. The summed E-state index contributed by atoms with van der Waals surface area (Å²) in [7, 11) is 0. The molecule has 1 saturated carbocycles. The largest absolute Gasteiger partial charge is 0.353 e. The highest BCUT2D eigenvalue weighted by atomic mass is 35.5. The summed E-state index contributed by atoms with van der Waals surface area (Å²) in [4.78, 5) is 11.7. The Morgan fingerprint density at radius 2 is 1.71 bits per heavy atom. The van der Waals surface area contributed by atoms with Crippen molar-refractivity contribution < 1.29 is 4.79 Å². The van der Waals surface area contributed by atoms with Gasteiger partial charge in [0.25, 0.3) is 0 Å². The zero-order valence-corrected chi connectivity index (χ0v) is 16.6. The van der Waals surface area contributed by atoms with Crippen LogP contribution in [0.3, 0.4) is 0 Å². The summed E-state index contributed by atoms with van der Waals surface area (Å²) in [5.41, 5.74) is 3.30. The zero-order chi connectivity index (χ0) is 19.5. The monoisotopic (exact) mass is 394 g/mol. The molecule has 2 atom stereocenters. The van der Waals surface area contributed by atoms with E-state index in [2.05, 4.69) is 44.3 Å². The second-order valence-electron chi connectivity index (χ2n) is 7.23. The van der Waals surface area contributed by atoms with E-state index in [1.807, 2.05) is 31.2 Å². The first-order valence-corrected chi connectivity index (χ1v) is 10.1. The fourth-order valence-electron chi connectivity index (χ4n) is 3.84. The number of benzene rings is 2. The molecular formula is C22H23ClN4O. The van der Waals surface area contributed by atoms with Gasteiger partial charge in [-0.2, -0.15) is 0 Å². The zero-order valence-electron chi connectivity index (χ0n) is 15.8. The number of nitrogens with one attached hydrogen (secondary N) is 1. The summed E-state index contributed by atoms with van der Waals surface area (Å²) in [5, 5.41) is 12.3. The lowest BCUT2D eigenvalue weighted by molar-refractivity contribution is -0.121. The molecule has 1 aromatic heterocycles. The molecule has 6 heteroatoms. The first-order chi connectivity index (χ1) is 13.6. The Morgan fingerprint density at radius 3 is 2.39 bits per heavy atom. The van der Waals surface area contributed by atoms with Gasteiger partial charge in [0.05, 0.1) is 0 Å². The van der Waals surface area contributed by atoms with E-state index in [1.165, 1.54) is 0 Å². The highest BCUT2D eigenvalue weighted by Crippen LogP contribution is 2.33. The van der Waals surface area contributed by atoms with Crippen LogP contribution < -0.4 is 5.32 Å². The normalized spacial score (nSPS) is 18.9. The maximum atomic E-state index is 11.7. The Balaban J connectivity index is 1.51. The minimum atomic E-state index is 0.118. The molecule has 0 radical (unpaired) electrons. The number of halogens is 1. The van der Waals surface area contributed by atoms with Gasteiger partial charge < -0.3 is 9.88 Å². The Hall–Kier alpha value is -2.66. The first kappa shape index (κ1) is 18.7. The summed E-state index contributed by atoms with van der Waals surface area (Å²) in [6.07, 6.45) is 5.25. The molecule has 3 aromatic rings. The van der Waals surface area contributed by atoms with Crippen molar-refractivity contribution in [1.29, 1.82) is 0 Å². The lowest BCUT2D eigenvalue weighted by Crippen LogP contribution is -2.32. The predicted octanol–water partition coefficient (Wildman–Crippen LogP) is 4.89. The third-order valence-electron chi connectivity index (χ3n) is 5.38. The van der Waals surface area contributed by atoms with Crippen LogP contribution in [0.4, 0.5) is 0 Å². The third-order valence-corrected chi connectivity index (χ3v) is 5.63. The van der Waals surface area contributed by atoms with Gasteiger partial charge in [0.15, 0.2) is 5.82 Å². The number of carbonyl (C=O) groups excluding carboxylic acids is 1. The number of aromatic nitrogens is 3. The van der Waals surface area contributed by atoms with Crippen LogP contribution in [0.2, 0.25) is 5.02 Å². The number of rotatable bonds is 5. The fourth-order valence-corrected chi connectivity index (χ4v) is 3.97. The molecule has 5 nitrogen and oxygen atoms in total. The second-order valence-corrected chi connectivity index (χ2v) is 7.67. The number of amides is 1. The van der Waals surface area contributed by atoms with Crippen LogP contribution in [-0.4, -0.2) is 26.7 Å². The molecule has 1 aliphatic carbocycles. The summed E-state index contributed by atoms with van der Waals surface area (Å²) in [6, 6.07) is 16.7. The first-order valence-electron chi connectivity index (χ1n) is 9.69. The number of hydrogen-bond donors (Lipinski definition) is 1. The van der Waals surface area contributed by atoms with E-state index in [9.17, 15) is 4.79 Å². The molecule has 1 amide bonds. The van der Waals surface area contributed by atoms with Gasteiger partial charge in [-0.3, -0.25) is 4.79 Å². The average Bonchev–Trinajstić information content (AvgIpc) is 3.38. The number of carbonyl (C=O) groups is 1. The molecule has 1 N–H and O–H groups in total. The van der Waals surface area contributed by atoms with E-state index >= 15 is 0 Å². The average molecular weight is 395 g/mol. The topological polar surface area (TPSA) is 59.8 Å². The summed E-state index contributed by atoms with van der Waals surface area (Å²) in [5.74, 6) is 0.988. The fraction of sp³-hybridized carbons (Fsp3) is 0.318. The van der Waals surface area contributed by atoms with Gasteiger partial charge in [0.1, 0.15) is 6.33 Å². The summed E-state index contributed by atoms with van der Waals surface area (Å²) >= 11 is 5.98. The summed E-state index contributed by atoms with van der Waals surface area (Å²) in [6.45, 7) is 1.88. The molecule has 0 spiro atoms. The van der Waals surface area contributed by atoms with Gasteiger partial charge in [-0.05, 0) is 42.5 Å². The quantitative estimate of drug-likeness (QED) is 0.670. The van der Waals surface area contributed by atoms with Crippen LogP contribution in [0.25, 0.3) is 22.5 Å². The van der Waals surface area contributed by atoms with Crippen molar-refractivity contribution in [3.05, 3.63) is 59.9 Å². The van der Waals surface area contributed by atoms with Crippen molar-refractivity contribution in [2.45, 2.75) is 44.7 Å². The van der Waals surface area contributed by atoms with Gasteiger partial charge >= 0.3 is 0 Å². The van der Waals surface area contributed by atoms with Crippen LogP contribution in [0.15, 0.2) is 54.9 Å². The minimum Gasteiger partial charge on any atom is -0.353 e. The number of nitrogens with zero attached hydrogens (tertiary/aromatic N) is 3. The minimum absolute atomic E-state index is 0.118. The van der Waals surface area contributed by atoms with Crippen LogP contribution in [-0.2, 0) is 4.79 Å². The Labute approximate surface area is 169 Å². The van der Waals surface area contributed by atoms with Crippen molar-refractivity contribution in [2.24, 2.45) is 0 Å². The molecule has 4 rings (SSSR count). The van der Waals surface area contributed by atoms with Crippen LogP contribution in [0.5, 0.6) is 0 Å². The van der Waals surface area contributed by atoms with E-state index in [0.29, 0.717) is 12.5 Å². The molecule has 1 heterocycles. The van der Waals surface area contributed by atoms with Crippen molar-refractivity contribution in [3.8, 4) is 22.5 Å². The third kappa shape index (κ3) is 3.94. The molecule has 144 valence electrons. The van der Waals surface area contributed by atoms with Gasteiger partial charge in [0.2, 0.25) is 5.91 Å². The Morgan fingerprint density at radius 1 is 1.07 bits per heavy atom. The highest BCUT2D eigenvalue weighted by molar-refractivity contribution is 6.30. The van der Waals surface area contributed by atoms with Crippen molar-refractivity contribution >= 4 is 17.5 Å². The Bertz CT molecular complexity index is 949. The maximum absolute atomic E-state index is 11.7. The second kappa shape index (κ2) is 8.15. The van der Waals surface area contributed by atoms with Gasteiger partial charge in [-0.15, -0.1) is 10.2 Å². The van der Waals surface area contributed by atoms with E-state index < -0.39 is 0 Å². The molecule has 28 heavy (non-hydrogen) atoms. The van der Waals surface area contributed by atoms with Gasteiger partial charge in [-0.1, -0.05) is 54.9 Å². The van der Waals surface area contributed by atoms with E-state index in [1.54, 1.807) is 6.33 Å². The van der Waals surface area contributed by atoms with Gasteiger partial charge in [-0.25, -0.2) is 0 Å². The van der Waals surface area contributed by atoms with Crippen molar-refractivity contribution in [3.63, 3.8) is 0 Å². The van der Waals surface area contributed by atoms with Gasteiger partial charge in [0, 0.05) is 29.1 Å². The lowest BCUT2D eigenvalue weighted by atomic mass is 10.0. The molecule has 1 fully saturated rings. The molecule has 0 saturated heterocycles. The molecule has 0 aliphatic heterocycles. The molecule has 2 aromatic carbocycles. The SMILES string of the molecule is CCC(=O)NC1CC[C@@H](n2cnnc2-c2ccc(-c3ccc(Cl)cc3)cc2)C1. The van der Waals surface area contributed by atoms with E-state index in [-0.39, 0.29) is 11.9 Å². The molecule has 1 unspecified atom stereocenters. The van der Waals surface area contributed by atoms with Crippen LogP contribution >= 0.6 is 11.6 Å². The standard InChI is InChI=1S/C22H23ClN4O/c1-2-21(28)25-19-11-12-20(13-19)27-14-24-26-22(27)17-5-3-15(4-6-17)16-7-9-18(23)10-8-16/h3-10,14,19-20H,2,11-13H2,1H3,(H,25,28)/t19?,20-/m1/s1. The predicted molar refractivity (Wildman–Crippen MR) is 111 cm³/mol. The maximum Gasteiger partial charge on any atom is 0.219 e. The lowest BCUT2D eigenvalue weighted by Gasteiger charge is -2.16. The smallest absolute Gasteiger partial charge is 0.219 e. The van der Waals surface area contributed by atoms with Crippen LogP contribution in [0, 0.1) is 0 Å². The molecular weight excluding hydrogens is 372 g/mol. The van der Waals surface area contributed by atoms with Crippen molar-refractivity contribution in [2.75, 3.05) is 0 Å². The highest BCUT2D eigenvalue weighted by Gasteiger charge is 2.28. The molecule has 0 bridgehead atoms. The van der Waals surface area contributed by atoms with Crippen LogP contribution in [0.1, 0.15) is 38.6 Å². The van der Waals surface area contributed by atoms with Crippen molar-refractivity contribution in [1.82, 2.24) is 20.1 Å². The summed E-state index contributed by atoms with van der Waals surface area (Å²) < 4.78 is 2.15. The van der Waals surface area contributed by atoms with E-state index in [4.69, 9.17) is 11.6 Å². The number of hydrogen-bond acceptors (Lipinski definition) is 3. The Kier molecular flexibility index (Phi) is 5.44.